The van der Waals surface area contributed by atoms with Crippen molar-refractivity contribution in [3.05, 3.63) is 171 Å². The van der Waals surface area contributed by atoms with Crippen LogP contribution in [0.3, 0.4) is 0 Å². The summed E-state index contributed by atoms with van der Waals surface area (Å²) in [7, 11) is 0. The fourth-order valence-corrected chi connectivity index (χ4v) is 1.91. The summed E-state index contributed by atoms with van der Waals surface area (Å²) in [6.45, 7) is 54.9. The van der Waals surface area contributed by atoms with Crippen molar-refractivity contribution in [2.24, 2.45) is 0 Å². The van der Waals surface area contributed by atoms with Gasteiger partial charge in [-0.15, -0.1) is 48.5 Å². The van der Waals surface area contributed by atoms with Crippen LogP contribution < -0.4 is 0 Å². The Morgan fingerprint density at radius 2 is 0.280 bits per heavy atom. The Balaban J connectivity index is -0.0000000327. The van der Waals surface area contributed by atoms with Crippen molar-refractivity contribution < 1.29 is 65.4 Å². The maximum absolute atomic E-state index is 3.72. The first-order valence-electron chi connectivity index (χ1n) is 19.1. The summed E-state index contributed by atoms with van der Waals surface area (Å²) in [5.41, 5.74) is 4.29. The van der Waals surface area contributed by atoms with Gasteiger partial charge in [0.25, 0.3) is 0 Å². The molecule has 4 aromatic rings. The second-order valence-electron chi connectivity index (χ2n) is 5.94. The van der Waals surface area contributed by atoms with Gasteiger partial charge in [0.1, 0.15) is 0 Å². The Kier molecular flexibility index (Phi) is 181. The molecule has 0 aromatic heterocycles. The molecule has 0 nitrogen and oxygen atoms in total. The van der Waals surface area contributed by atoms with Crippen molar-refractivity contribution in [3.63, 3.8) is 0 Å². The van der Waals surface area contributed by atoms with Gasteiger partial charge in [-0.3, -0.25) is 0 Å². The van der Waals surface area contributed by atoms with Crippen LogP contribution in [0.5, 0.6) is 0 Å². The van der Waals surface area contributed by atoms with Crippen LogP contribution in [0.2, 0.25) is 0 Å². The molecule has 0 aliphatic carbocycles. The Bertz CT molecular complexity index is 682. The van der Waals surface area contributed by atoms with E-state index in [1.165, 1.54) is 0 Å². The predicted octanol–water partition coefficient (Wildman–Crippen LogP) is 17.7. The van der Waals surface area contributed by atoms with Crippen molar-refractivity contribution in [3.8, 4) is 0 Å². The van der Waals surface area contributed by atoms with Gasteiger partial charge in [0.05, 0.1) is 0 Å². The maximum atomic E-state index is 3.72. The van der Waals surface area contributed by atoms with Crippen LogP contribution in [-0.4, -0.2) is 0 Å². The topological polar surface area (TPSA) is 0 Å². The second kappa shape index (κ2) is 110. The molecule has 0 amide bonds. The molecule has 0 fully saturated rings. The summed E-state index contributed by atoms with van der Waals surface area (Å²) in [6, 6.07) is 39.5. The van der Waals surface area contributed by atoms with E-state index in [2.05, 4.69) is 27.7 Å². The van der Waals surface area contributed by atoms with E-state index in [1.807, 2.05) is 260 Å². The van der Waals surface area contributed by atoms with Crippen LogP contribution in [-0.2, 0) is 65.4 Å². The summed E-state index contributed by atoms with van der Waals surface area (Å²) in [5, 5.41) is 0. The Hall–Kier alpha value is -1.43. The zero-order valence-corrected chi connectivity index (χ0v) is 43.2. The fraction of sp³-hybridized carbons (Fsp3) is 0.417. The first-order valence-corrected chi connectivity index (χ1v) is 19.1. The van der Waals surface area contributed by atoms with Crippen molar-refractivity contribution in [2.45, 2.75) is 138 Å². The largest absolute Gasteiger partial charge is 0.199 e. The summed E-state index contributed by atoms with van der Waals surface area (Å²) in [4.78, 5) is 0. The molecule has 0 saturated carbocycles. The first-order chi connectivity index (χ1) is 23.6. The van der Waals surface area contributed by atoms with Crippen LogP contribution in [0.15, 0.2) is 121 Å². The van der Waals surface area contributed by atoms with E-state index in [9.17, 15) is 0 Å². The van der Waals surface area contributed by atoms with Gasteiger partial charge in [-0.25, -0.2) is 0 Å². The average Bonchev–Trinajstić information content (AvgIpc) is 3.21. The van der Waals surface area contributed by atoms with E-state index in [0.717, 1.165) is 22.3 Å². The van der Waals surface area contributed by atoms with Gasteiger partial charge in [-0.2, -0.15) is 98.5 Å². The zero-order chi connectivity index (χ0) is 40.5. The summed E-state index contributed by atoms with van der Waals surface area (Å²) < 4.78 is 0. The average molecular weight is 843 g/mol. The van der Waals surface area contributed by atoms with E-state index in [4.69, 9.17) is 0 Å². The maximum Gasteiger partial charge on any atom is 0 e. The van der Waals surface area contributed by atoms with E-state index in [0.29, 0.717) is 0 Å². The smallest absolute Gasteiger partial charge is 0 e. The third-order valence-corrected chi connectivity index (χ3v) is 3.37. The van der Waals surface area contributed by atoms with E-state index in [-0.39, 0.29) is 65.4 Å². The molecule has 0 N–H and O–H groups in total. The standard InChI is InChI=1S/4C7H7.10C2H6.2Y/c4*1-7-5-3-2-4-6-7;10*1-2;;/h4*2-6H,1H2;10*1-2H3;;/q4*-1;;;;;;;;;;;;. The van der Waals surface area contributed by atoms with Gasteiger partial charge in [-0.1, -0.05) is 163 Å². The van der Waals surface area contributed by atoms with Gasteiger partial charge in [-0.05, 0) is 0 Å². The van der Waals surface area contributed by atoms with Crippen LogP contribution >= 0.6 is 0 Å². The van der Waals surface area contributed by atoms with Crippen molar-refractivity contribution >= 4 is 0 Å². The molecule has 0 heterocycles. The quantitative estimate of drug-likeness (QED) is 0.155. The summed E-state index contributed by atoms with van der Waals surface area (Å²) in [5.74, 6) is 0. The minimum atomic E-state index is 0. The molecular formula is C48H88Y2-4. The van der Waals surface area contributed by atoms with Gasteiger partial charge in [0, 0.05) is 65.4 Å². The minimum absolute atomic E-state index is 0. The van der Waals surface area contributed by atoms with E-state index in [1.54, 1.807) is 0 Å². The number of hydrogen-bond donors (Lipinski definition) is 0. The molecule has 4 aromatic carbocycles. The molecule has 0 bridgehead atoms. The number of hydrogen-bond acceptors (Lipinski definition) is 0. The molecule has 0 aliphatic heterocycles. The molecular weight excluding hydrogens is 754 g/mol. The molecule has 0 unspecified atom stereocenters. The van der Waals surface area contributed by atoms with Crippen LogP contribution in [0.25, 0.3) is 0 Å². The number of rotatable bonds is 0. The molecule has 290 valence electrons. The monoisotopic (exact) mass is 843 g/mol. The second-order valence-corrected chi connectivity index (χ2v) is 5.94. The molecule has 0 spiro atoms. The van der Waals surface area contributed by atoms with Crippen molar-refractivity contribution in [2.75, 3.05) is 0 Å². The SMILES string of the molecule is CC.CC.CC.CC.CC.CC.CC.CC.CC.CC.[CH2-]c1ccccc1.[CH2-]c1ccccc1.[CH2-]c1ccccc1.[CH2-]c1ccccc1.[Y].[Y]. The van der Waals surface area contributed by atoms with Crippen LogP contribution in [0, 0.1) is 27.7 Å². The molecule has 0 saturated heterocycles. The van der Waals surface area contributed by atoms with Crippen molar-refractivity contribution in [1.29, 1.82) is 0 Å². The molecule has 2 heteroatoms. The molecule has 2 radical (unpaired) electrons. The molecule has 0 aliphatic rings. The Morgan fingerprint density at radius 1 is 0.200 bits per heavy atom. The van der Waals surface area contributed by atoms with Gasteiger partial charge >= 0.3 is 0 Å². The first kappa shape index (κ1) is 82.2. The third-order valence-electron chi connectivity index (χ3n) is 3.37. The van der Waals surface area contributed by atoms with Crippen LogP contribution in [0.4, 0.5) is 0 Å². The Labute approximate surface area is 371 Å². The molecule has 50 heavy (non-hydrogen) atoms. The summed E-state index contributed by atoms with van der Waals surface area (Å²) in [6.07, 6.45) is 0. The van der Waals surface area contributed by atoms with E-state index < -0.39 is 0 Å². The number of benzene rings is 4. The minimum Gasteiger partial charge on any atom is -0.199 e. The van der Waals surface area contributed by atoms with E-state index >= 15 is 0 Å². The normalized spacial score (nSPS) is 6.00. The fourth-order valence-electron chi connectivity index (χ4n) is 1.91. The molecule has 4 rings (SSSR count). The molecule has 0 atom stereocenters. The van der Waals surface area contributed by atoms with Gasteiger partial charge in [0.15, 0.2) is 0 Å². The van der Waals surface area contributed by atoms with Crippen LogP contribution in [0.1, 0.15) is 161 Å². The van der Waals surface area contributed by atoms with Crippen molar-refractivity contribution in [1.82, 2.24) is 0 Å². The Morgan fingerprint density at radius 3 is 0.320 bits per heavy atom. The summed E-state index contributed by atoms with van der Waals surface area (Å²) >= 11 is 0. The van der Waals surface area contributed by atoms with Gasteiger partial charge < -0.3 is 0 Å². The predicted molar refractivity (Wildman–Crippen MR) is 237 cm³/mol. The zero-order valence-electron chi connectivity index (χ0n) is 37.5. The van der Waals surface area contributed by atoms with Gasteiger partial charge in [0.2, 0.25) is 0 Å². The third kappa shape index (κ3) is 103.